The Labute approximate surface area is 167 Å². The number of rotatable bonds is 4. The summed E-state index contributed by atoms with van der Waals surface area (Å²) in [5, 5.41) is 2.32. The van der Waals surface area contributed by atoms with Crippen molar-refractivity contribution in [3.05, 3.63) is 52.5 Å². The first-order valence-corrected chi connectivity index (χ1v) is 9.10. The van der Waals surface area contributed by atoms with Gasteiger partial charge in [-0.25, -0.2) is 0 Å². The number of benzene rings is 2. The molecule has 0 aromatic heterocycles. The number of anilines is 2. The molecule has 148 valence electrons. The molecule has 0 bridgehead atoms. The summed E-state index contributed by atoms with van der Waals surface area (Å²) in [6.45, 7) is 0.0921. The second kappa shape index (κ2) is 7.83. The zero-order valence-electron chi connectivity index (χ0n) is 14.7. The Hall–Kier alpha value is -2.55. The quantitative estimate of drug-likeness (QED) is 0.738. The molecule has 1 aliphatic heterocycles. The summed E-state index contributed by atoms with van der Waals surface area (Å²) >= 11 is 3.00. The highest BCUT2D eigenvalue weighted by Gasteiger charge is 2.38. The second-order valence-electron chi connectivity index (χ2n) is 6.28. The Bertz CT molecular complexity index is 900. The number of amides is 2. The minimum atomic E-state index is -4.62. The lowest BCUT2D eigenvalue weighted by Gasteiger charge is -2.18. The van der Waals surface area contributed by atoms with Crippen molar-refractivity contribution in [1.82, 2.24) is 0 Å². The number of nitrogens with zero attached hydrogens (tertiary/aromatic N) is 1. The van der Waals surface area contributed by atoms with Crippen LogP contribution in [-0.4, -0.2) is 25.5 Å². The summed E-state index contributed by atoms with van der Waals surface area (Å²) < 4.78 is 45.0. The number of methoxy groups -OCH3 is 1. The SMILES string of the molecule is COc1ccc(N2C[C@H](C(=O)Nc3ccc(Br)cc3C(F)(F)F)CC2=O)cc1. The average molecular weight is 457 g/mol. The second-order valence-corrected chi connectivity index (χ2v) is 7.20. The molecule has 0 aliphatic carbocycles. The van der Waals surface area contributed by atoms with Gasteiger partial charge in [-0.3, -0.25) is 9.59 Å². The molecule has 2 aromatic carbocycles. The van der Waals surface area contributed by atoms with Crippen molar-refractivity contribution >= 4 is 39.1 Å². The molecule has 28 heavy (non-hydrogen) atoms. The van der Waals surface area contributed by atoms with Gasteiger partial charge in [0.15, 0.2) is 0 Å². The van der Waals surface area contributed by atoms with Crippen LogP contribution >= 0.6 is 15.9 Å². The number of alkyl halides is 3. The number of ether oxygens (including phenoxy) is 1. The predicted molar refractivity (Wildman–Crippen MR) is 101 cm³/mol. The maximum atomic E-state index is 13.2. The third kappa shape index (κ3) is 4.30. The van der Waals surface area contributed by atoms with Crippen molar-refractivity contribution < 1.29 is 27.5 Å². The fourth-order valence-electron chi connectivity index (χ4n) is 2.99. The van der Waals surface area contributed by atoms with Crippen LogP contribution in [0.2, 0.25) is 0 Å². The first-order valence-electron chi connectivity index (χ1n) is 8.31. The first-order chi connectivity index (χ1) is 13.2. The summed E-state index contributed by atoms with van der Waals surface area (Å²) in [7, 11) is 1.52. The molecule has 1 fully saturated rings. The zero-order valence-corrected chi connectivity index (χ0v) is 16.3. The summed E-state index contributed by atoms with van der Waals surface area (Å²) in [4.78, 5) is 26.2. The Balaban J connectivity index is 1.75. The molecule has 0 unspecified atom stereocenters. The highest BCUT2D eigenvalue weighted by Crippen LogP contribution is 2.37. The fraction of sp³-hybridized carbons (Fsp3) is 0.263. The molecule has 0 radical (unpaired) electrons. The van der Waals surface area contributed by atoms with Crippen molar-refractivity contribution in [1.29, 1.82) is 0 Å². The minimum absolute atomic E-state index is 0.0737. The Morgan fingerprint density at radius 2 is 1.89 bits per heavy atom. The molecule has 0 spiro atoms. The molecule has 1 aliphatic rings. The smallest absolute Gasteiger partial charge is 0.418 e. The van der Waals surface area contributed by atoms with Gasteiger partial charge >= 0.3 is 6.18 Å². The van der Waals surface area contributed by atoms with Gasteiger partial charge in [0.1, 0.15) is 5.75 Å². The van der Waals surface area contributed by atoms with Gasteiger partial charge in [-0.2, -0.15) is 13.2 Å². The molecule has 1 saturated heterocycles. The maximum Gasteiger partial charge on any atom is 0.418 e. The van der Waals surface area contributed by atoms with Gasteiger partial charge in [-0.15, -0.1) is 0 Å². The minimum Gasteiger partial charge on any atom is -0.497 e. The number of halogens is 4. The van der Waals surface area contributed by atoms with Gasteiger partial charge in [0.05, 0.1) is 24.3 Å². The highest BCUT2D eigenvalue weighted by molar-refractivity contribution is 9.10. The summed E-state index contributed by atoms with van der Waals surface area (Å²) in [6, 6.07) is 10.2. The molecule has 9 heteroatoms. The topological polar surface area (TPSA) is 58.6 Å². The van der Waals surface area contributed by atoms with Crippen molar-refractivity contribution in [2.45, 2.75) is 12.6 Å². The lowest BCUT2D eigenvalue weighted by molar-refractivity contribution is -0.137. The summed E-state index contributed by atoms with van der Waals surface area (Å²) in [5.74, 6) is -1.02. The lowest BCUT2D eigenvalue weighted by Crippen LogP contribution is -2.28. The van der Waals surface area contributed by atoms with Gasteiger partial charge < -0.3 is 15.0 Å². The van der Waals surface area contributed by atoms with Crippen molar-refractivity contribution in [3.8, 4) is 5.75 Å². The zero-order chi connectivity index (χ0) is 20.5. The van der Waals surface area contributed by atoms with Crippen LogP contribution in [0.4, 0.5) is 24.5 Å². The van der Waals surface area contributed by atoms with E-state index in [1.165, 1.54) is 24.1 Å². The van der Waals surface area contributed by atoms with E-state index in [1.807, 2.05) is 0 Å². The van der Waals surface area contributed by atoms with E-state index >= 15 is 0 Å². The van der Waals surface area contributed by atoms with Gasteiger partial charge in [0.2, 0.25) is 11.8 Å². The van der Waals surface area contributed by atoms with Crippen LogP contribution in [0.3, 0.4) is 0 Å². The average Bonchev–Trinajstić information content (AvgIpc) is 3.04. The van der Waals surface area contributed by atoms with Crippen LogP contribution in [0.25, 0.3) is 0 Å². The number of nitrogens with one attached hydrogen (secondary N) is 1. The maximum absolute atomic E-state index is 13.2. The van der Waals surface area contributed by atoms with Gasteiger partial charge in [0.25, 0.3) is 0 Å². The normalized spacial score (nSPS) is 17.0. The molecule has 1 atom stereocenters. The third-order valence-corrected chi connectivity index (χ3v) is 4.92. The number of carbonyl (C=O) groups excluding carboxylic acids is 2. The molecule has 3 rings (SSSR count). The highest BCUT2D eigenvalue weighted by atomic mass is 79.9. The predicted octanol–water partition coefficient (Wildman–Crippen LogP) is 4.47. The number of hydrogen-bond acceptors (Lipinski definition) is 3. The molecule has 2 amide bonds. The molecular weight excluding hydrogens is 441 g/mol. The Kier molecular flexibility index (Phi) is 5.64. The van der Waals surface area contributed by atoms with Gasteiger partial charge in [0, 0.05) is 23.1 Å². The molecule has 1 heterocycles. The van der Waals surface area contributed by atoms with E-state index in [9.17, 15) is 22.8 Å². The van der Waals surface area contributed by atoms with E-state index in [1.54, 1.807) is 24.3 Å². The molecule has 2 aromatic rings. The molecular formula is C19H16BrF3N2O3. The van der Waals surface area contributed by atoms with Gasteiger partial charge in [-0.05, 0) is 42.5 Å². The van der Waals surface area contributed by atoms with Gasteiger partial charge in [-0.1, -0.05) is 15.9 Å². The van der Waals surface area contributed by atoms with Crippen LogP contribution in [0.1, 0.15) is 12.0 Å². The standard InChI is InChI=1S/C19H16BrF3N2O3/c1-28-14-5-3-13(4-6-14)25-10-11(8-17(25)26)18(27)24-16-7-2-12(20)9-15(16)19(21,22)23/h2-7,9,11H,8,10H2,1H3,(H,24,27)/t11-/m1/s1. The fourth-order valence-corrected chi connectivity index (χ4v) is 3.35. The van der Waals surface area contributed by atoms with Crippen LogP contribution in [0, 0.1) is 5.92 Å². The van der Waals surface area contributed by atoms with Crippen LogP contribution in [0.15, 0.2) is 46.9 Å². The van der Waals surface area contributed by atoms with E-state index in [-0.39, 0.29) is 29.0 Å². The largest absolute Gasteiger partial charge is 0.497 e. The van der Waals surface area contributed by atoms with Crippen LogP contribution in [-0.2, 0) is 15.8 Å². The van der Waals surface area contributed by atoms with E-state index < -0.39 is 23.6 Å². The first kappa shape index (κ1) is 20.2. The third-order valence-electron chi connectivity index (χ3n) is 4.42. The van der Waals surface area contributed by atoms with Crippen LogP contribution in [0.5, 0.6) is 5.75 Å². The van der Waals surface area contributed by atoms with E-state index in [0.29, 0.717) is 11.4 Å². The summed E-state index contributed by atoms with van der Waals surface area (Å²) in [6.07, 6.45) is -4.69. The molecule has 0 saturated carbocycles. The van der Waals surface area contributed by atoms with E-state index in [2.05, 4.69) is 21.2 Å². The Morgan fingerprint density at radius 1 is 1.21 bits per heavy atom. The van der Waals surface area contributed by atoms with Crippen molar-refractivity contribution in [2.24, 2.45) is 5.92 Å². The lowest BCUT2D eigenvalue weighted by atomic mass is 10.1. The Morgan fingerprint density at radius 3 is 2.50 bits per heavy atom. The van der Waals surface area contributed by atoms with Crippen molar-refractivity contribution in [2.75, 3.05) is 23.9 Å². The molecule has 1 N–H and O–H groups in total. The molecule has 5 nitrogen and oxygen atoms in total. The van der Waals surface area contributed by atoms with Crippen LogP contribution < -0.4 is 15.0 Å². The monoisotopic (exact) mass is 456 g/mol. The van der Waals surface area contributed by atoms with E-state index in [4.69, 9.17) is 4.74 Å². The number of hydrogen-bond donors (Lipinski definition) is 1. The van der Waals surface area contributed by atoms with Crippen molar-refractivity contribution in [3.63, 3.8) is 0 Å². The summed E-state index contributed by atoms with van der Waals surface area (Å²) in [5.41, 5.74) is -0.691. The van der Waals surface area contributed by atoms with E-state index in [0.717, 1.165) is 6.07 Å². The number of carbonyl (C=O) groups is 2.